The highest BCUT2D eigenvalue weighted by atomic mass is 32.2. The molecule has 1 aliphatic rings. The summed E-state index contributed by atoms with van der Waals surface area (Å²) < 4.78 is 0. The van der Waals surface area contributed by atoms with Crippen LogP contribution in [-0.2, 0) is 4.79 Å². The fraction of sp³-hybridized carbons (Fsp3) is 0.385. The Kier molecular flexibility index (Phi) is 5.15. The molecule has 4 nitrogen and oxygen atoms in total. The number of carbonyl (C=O) groups excluding carboxylic acids is 2. The van der Waals surface area contributed by atoms with Gasteiger partial charge >= 0.3 is 0 Å². The summed E-state index contributed by atoms with van der Waals surface area (Å²) in [4.78, 5) is 25.4. The maximum absolute atomic E-state index is 12.3. The molecule has 0 spiro atoms. The SMILES string of the molecule is O=C(CS)Nc1cccc(C(=O)N2CCSCC2)c1. The van der Waals surface area contributed by atoms with Crippen LogP contribution in [0.2, 0.25) is 0 Å². The Morgan fingerprint density at radius 3 is 2.74 bits per heavy atom. The molecule has 1 N–H and O–H groups in total. The monoisotopic (exact) mass is 296 g/mol. The number of nitrogens with zero attached hydrogens (tertiary/aromatic N) is 1. The summed E-state index contributed by atoms with van der Waals surface area (Å²) in [7, 11) is 0. The highest BCUT2D eigenvalue weighted by Crippen LogP contribution is 2.16. The summed E-state index contributed by atoms with van der Waals surface area (Å²) in [6, 6.07) is 7.04. The van der Waals surface area contributed by atoms with Crippen LogP contribution in [0.1, 0.15) is 10.4 Å². The Hall–Kier alpha value is -1.14. The lowest BCUT2D eigenvalue weighted by atomic mass is 10.1. The van der Waals surface area contributed by atoms with Gasteiger partial charge in [0.05, 0.1) is 5.75 Å². The zero-order valence-electron chi connectivity index (χ0n) is 10.5. The van der Waals surface area contributed by atoms with Crippen LogP contribution < -0.4 is 5.32 Å². The van der Waals surface area contributed by atoms with Crippen LogP contribution in [0.4, 0.5) is 5.69 Å². The molecule has 6 heteroatoms. The van der Waals surface area contributed by atoms with Crippen molar-refractivity contribution in [2.75, 3.05) is 35.7 Å². The quantitative estimate of drug-likeness (QED) is 0.836. The molecule has 1 aromatic carbocycles. The molecule has 0 radical (unpaired) electrons. The molecule has 1 fully saturated rings. The van der Waals surface area contributed by atoms with Crippen LogP contribution in [0.25, 0.3) is 0 Å². The maximum Gasteiger partial charge on any atom is 0.253 e. The lowest BCUT2D eigenvalue weighted by Gasteiger charge is -2.26. The third-order valence-corrected chi connectivity index (χ3v) is 4.06. The number of benzene rings is 1. The van der Waals surface area contributed by atoms with Crippen LogP contribution in [0.5, 0.6) is 0 Å². The van der Waals surface area contributed by atoms with Crippen molar-refractivity contribution in [1.82, 2.24) is 4.90 Å². The number of hydrogen-bond acceptors (Lipinski definition) is 4. The predicted molar refractivity (Wildman–Crippen MR) is 82.2 cm³/mol. The van der Waals surface area contributed by atoms with Crippen molar-refractivity contribution in [3.63, 3.8) is 0 Å². The molecule has 2 amide bonds. The van der Waals surface area contributed by atoms with Gasteiger partial charge in [-0.3, -0.25) is 9.59 Å². The molecular formula is C13H16N2O2S2. The number of anilines is 1. The van der Waals surface area contributed by atoms with E-state index < -0.39 is 0 Å². The number of thiol groups is 1. The summed E-state index contributed by atoms with van der Waals surface area (Å²) in [6.07, 6.45) is 0. The molecule has 1 saturated heterocycles. The van der Waals surface area contributed by atoms with E-state index in [1.807, 2.05) is 16.7 Å². The zero-order valence-corrected chi connectivity index (χ0v) is 12.2. The van der Waals surface area contributed by atoms with Gasteiger partial charge in [-0.25, -0.2) is 0 Å². The summed E-state index contributed by atoms with van der Waals surface area (Å²) in [6.45, 7) is 1.58. The number of hydrogen-bond donors (Lipinski definition) is 2. The minimum atomic E-state index is -0.178. The van der Waals surface area contributed by atoms with Gasteiger partial charge in [-0.2, -0.15) is 24.4 Å². The molecule has 0 aromatic heterocycles. The van der Waals surface area contributed by atoms with Crippen molar-refractivity contribution in [1.29, 1.82) is 0 Å². The highest BCUT2D eigenvalue weighted by molar-refractivity contribution is 7.99. The molecular weight excluding hydrogens is 280 g/mol. The van der Waals surface area contributed by atoms with Crippen molar-refractivity contribution >= 4 is 41.9 Å². The Labute approximate surface area is 122 Å². The maximum atomic E-state index is 12.3. The van der Waals surface area contributed by atoms with E-state index in [2.05, 4.69) is 17.9 Å². The lowest BCUT2D eigenvalue weighted by Crippen LogP contribution is -2.37. The average molecular weight is 296 g/mol. The van der Waals surface area contributed by atoms with Crippen LogP contribution in [-0.4, -0.2) is 47.1 Å². The van der Waals surface area contributed by atoms with E-state index in [1.165, 1.54) is 0 Å². The first-order valence-corrected chi connectivity index (χ1v) is 7.87. The third kappa shape index (κ3) is 3.91. The van der Waals surface area contributed by atoms with E-state index in [-0.39, 0.29) is 17.6 Å². The van der Waals surface area contributed by atoms with Gasteiger partial charge in [0.15, 0.2) is 0 Å². The Morgan fingerprint density at radius 1 is 1.32 bits per heavy atom. The number of nitrogens with one attached hydrogen (secondary N) is 1. The van der Waals surface area contributed by atoms with Crippen molar-refractivity contribution in [2.45, 2.75) is 0 Å². The number of thioether (sulfide) groups is 1. The fourth-order valence-corrected chi connectivity index (χ4v) is 2.86. The number of rotatable bonds is 3. The van der Waals surface area contributed by atoms with Gasteiger partial charge < -0.3 is 10.2 Å². The van der Waals surface area contributed by atoms with Gasteiger partial charge in [-0.15, -0.1) is 0 Å². The van der Waals surface area contributed by atoms with Crippen molar-refractivity contribution in [3.05, 3.63) is 29.8 Å². The minimum Gasteiger partial charge on any atom is -0.337 e. The van der Waals surface area contributed by atoms with Crippen molar-refractivity contribution in [3.8, 4) is 0 Å². The molecule has 102 valence electrons. The molecule has 1 aliphatic heterocycles. The van der Waals surface area contributed by atoms with Crippen LogP contribution in [0, 0.1) is 0 Å². The van der Waals surface area contributed by atoms with Gasteiger partial charge in [0, 0.05) is 35.8 Å². The standard InChI is InChI=1S/C13H16N2O2S2/c16-12(9-18)14-11-3-1-2-10(8-11)13(17)15-4-6-19-7-5-15/h1-3,8,18H,4-7,9H2,(H,14,16). The van der Waals surface area contributed by atoms with Crippen LogP contribution in [0.3, 0.4) is 0 Å². The normalized spacial score (nSPS) is 15.1. The third-order valence-electron chi connectivity index (χ3n) is 2.84. The summed E-state index contributed by atoms with van der Waals surface area (Å²) in [5.41, 5.74) is 1.25. The van der Waals surface area contributed by atoms with E-state index in [0.29, 0.717) is 11.3 Å². The largest absolute Gasteiger partial charge is 0.337 e. The van der Waals surface area contributed by atoms with Gasteiger partial charge in [0.25, 0.3) is 5.91 Å². The zero-order chi connectivity index (χ0) is 13.7. The van der Waals surface area contributed by atoms with Gasteiger partial charge in [0.1, 0.15) is 0 Å². The van der Waals surface area contributed by atoms with Gasteiger partial charge in [-0.1, -0.05) is 6.07 Å². The minimum absolute atomic E-state index is 0.0299. The van der Waals surface area contributed by atoms with E-state index >= 15 is 0 Å². The highest BCUT2D eigenvalue weighted by Gasteiger charge is 2.18. The van der Waals surface area contributed by atoms with E-state index in [9.17, 15) is 9.59 Å². The second-order valence-corrected chi connectivity index (χ2v) is 5.73. The topological polar surface area (TPSA) is 49.4 Å². The number of amides is 2. The second-order valence-electron chi connectivity index (χ2n) is 4.19. The Morgan fingerprint density at radius 2 is 2.05 bits per heavy atom. The smallest absolute Gasteiger partial charge is 0.253 e. The first-order chi connectivity index (χ1) is 9.20. The predicted octanol–water partition coefficient (Wildman–Crippen LogP) is 1.74. The van der Waals surface area contributed by atoms with E-state index in [0.717, 1.165) is 24.6 Å². The summed E-state index contributed by atoms with van der Waals surface area (Å²) >= 11 is 5.77. The molecule has 0 bridgehead atoms. The number of carbonyl (C=O) groups is 2. The molecule has 1 heterocycles. The van der Waals surface area contributed by atoms with Gasteiger partial charge in [0.2, 0.25) is 5.91 Å². The molecule has 1 aromatic rings. The van der Waals surface area contributed by atoms with Crippen LogP contribution >= 0.6 is 24.4 Å². The molecule has 0 unspecified atom stereocenters. The Balaban J connectivity index is 2.09. The van der Waals surface area contributed by atoms with E-state index in [1.54, 1.807) is 24.3 Å². The fourth-order valence-electron chi connectivity index (χ4n) is 1.88. The van der Waals surface area contributed by atoms with Crippen LogP contribution in [0.15, 0.2) is 24.3 Å². The molecule has 19 heavy (non-hydrogen) atoms. The molecule has 2 rings (SSSR count). The first-order valence-electron chi connectivity index (χ1n) is 6.08. The average Bonchev–Trinajstić information content (AvgIpc) is 2.47. The molecule has 0 saturated carbocycles. The lowest BCUT2D eigenvalue weighted by molar-refractivity contribution is -0.113. The summed E-state index contributed by atoms with van der Waals surface area (Å²) in [5.74, 6) is 1.95. The van der Waals surface area contributed by atoms with E-state index in [4.69, 9.17) is 0 Å². The van der Waals surface area contributed by atoms with Gasteiger partial charge in [-0.05, 0) is 18.2 Å². The van der Waals surface area contributed by atoms with Crippen molar-refractivity contribution < 1.29 is 9.59 Å². The first kappa shape index (κ1) is 14.3. The Bertz CT molecular complexity index is 473. The van der Waals surface area contributed by atoms with Crippen molar-refractivity contribution in [2.24, 2.45) is 0 Å². The molecule has 0 atom stereocenters. The second kappa shape index (κ2) is 6.86. The summed E-state index contributed by atoms with van der Waals surface area (Å²) in [5, 5.41) is 2.70. The molecule has 0 aliphatic carbocycles.